The first kappa shape index (κ1) is 13.9. The number of hydrogen-bond donors (Lipinski definition) is 2. The molecule has 0 aromatic heterocycles. The predicted octanol–water partition coefficient (Wildman–Crippen LogP) is 2.46. The van der Waals surface area contributed by atoms with E-state index in [4.69, 9.17) is 0 Å². The van der Waals surface area contributed by atoms with E-state index in [1.54, 1.807) is 0 Å². The first-order valence-electron chi connectivity index (χ1n) is 7.76. The van der Waals surface area contributed by atoms with Crippen LogP contribution in [0.15, 0.2) is 0 Å². The molecule has 0 aliphatic heterocycles. The van der Waals surface area contributed by atoms with Crippen LogP contribution in [0.5, 0.6) is 0 Å². The molecule has 0 unspecified atom stereocenters. The van der Waals surface area contributed by atoms with Crippen molar-refractivity contribution in [3.63, 3.8) is 0 Å². The first-order chi connectivity index (χ1) is 8.75. The van der Waals surface area contributed by atoms with E-state index >= 15 is 0 Å². The van der Waals surface area contributed by atoms with Crippen molar-refractivity contribution in [3.05, 3.63) is 0 Å². The second-order valence-electron chi connectivity index (χ2n) is 6.18. The molecule has 3 nitrogen and oxygen atoms in total. The van der Waals surface area contributed by atoms with Gasteiger partial charge < -0.3 is 10.6 Å². The van der Waals surface area contributed by atoms with E-state index in [2.05, 4.69) is 17.6 Å². The molecule has 2 aliphatic rings. The Labute approximate surface area is 111 Å². The predicted molar refractivity (Wildman–Crippen MR) is 74.4 cm³/mol. The van der Waals surface area contributed by atoms with Crippen molar-refractivity contribution in [2.75, 3.05) is 13.1 Å². The van der Waals surface area contributed by atoms with Crippen LogP contribution in [0.4, 0.5) is 0 Å². The minimum absolute atomic E-state index is 0.174. The summed E-state index contributed by atoms with van der Waals surface area (Å²) in [5, 5.41) is 6.43. The van der Waals surface area contributed by atoms with Crippen molar-refractivity contribution < 1.29 is 4.79 Å². The topological polar surface area (TPSA) is 41.1 Å². The highest BCUT2D eigenvalue weighted by atomic mass is 16.1. The third-order valence-electron chi connectivity index (χ3n) is 4.41. The molecule has 0 aromatic carbocycles. The Hall–Kier alpha value is -0.570. The number of hydrogen-bond acceptors (Lipinski definition) is 2. The van der Waals surface area contributed by atoms with Gasteiger partial charge in [0.15, 0.2) is 0 Å². The Kier molecular flexibility index (Phi) is 5.48. The maximum Gasteiger partial charge on any atom is 0.234 e. The number of carbonyl (C=O) groups is 1. The monoisotopic (exact) mass is 252 g/mol. The van der Waals surface area contributed by atoms with Crippen LogP contribution in [0.1, 0.15) is 58.3 Å². The number of amides is 1. The molecular formula is C15H28N2O. The van der Waals surface area contributed by atoms with Crippen molar-refractivity contribution in [1.29, 1.82) is 0 Å². The lowest BCUT2D eigenvalue weighted by Gasteiger charge is -2.23. The van der Waals surface area contributed by atoms with E-state index in [0.29, 0.717) is 18.5 Å². The lowest BCUT2D eigenvalue weighted by molar-refractivity contribution is -0.121. The molecule has 0 saturated heterocycles. The van der Waals surface area contributed by atoms with Gasteiger partial charge >= 0.3 is 0 Å². The normalized spacial score (nSPS) is 23.4. The minimum atomic E-state index is 0.174. The highest BCUT2D eigenvalue weighted by Gasteiger charge is 2.22. The van der Waals surface area contributed by atoms with Gasteiger partial charge in [-0.3, -0.25) is 4.79 Å². The second kappa shape index (κ2) is 7.13. The standard InChI is InChI=1S/C15H28N2O/c1-12(14-6-4-2-3-5-7-14)17-15(18)11-16-10-13-8-9-13/h12-14,16H,2-11H2,1H3,(H,17,18)/t12-/m1/s1. The van der Waals surface area contributed by atoms with E-state index < -0.39 is 0 Å². The summed E-state index contributed by atoms with van der Waals surface area (Å²) >= 11 is 0. The molecule has 0 bridgehead atoms. The molecule has 104 valence electrons. The van der Waals surface area contributed by atoms with E-state index in [1.807, 2.05) is 0 Å². The van der Waals surface area contributed by atoms with E-state index in [1.165, 1.54) is 51.4 Å². The van der Waals surface area contributed by atoms with Gasteiger partial charge in [-0.1, -0.05) is 25.7 Å². The van der Waals surface area contributed by atoms with Crippen molar-refractivity contribution in [3.8, 4) is 0 Å². The lowest BCUT2D eigenvalue weighted by Crippen LogP contribution is -2.42. The van der Waals surface area contributed by atoms with Crippen LogP contribution in [0.2, 0.25) is 0 Å². The third-order valence-corrected chi connectivity index (χ3v) is 4.41. The summed E-state index contributed by atoms with van der Waals surface area (Å²) in [6, 6.07) is 0.346. The molecule has 2 aliphatic carbocycles. The summed E-state index contributed by atoms with van der Waals surface area (Å²) in [6.07, 6.45) is 10.7. The fraction of sp³-hybridized carbons (Fsp3) is 0.933. The summed E-state index contributed by atoms with van der Waals surface area (Å²) in [5.74, 6) is 1.71. The van der Waals surface area contributed by atoms with Gasteiger partial charge in [-0.15, -0.1) is 0 Å². The molecule has 0 aromatic rings. The van der Waals surface area contributed by atoms with Crippen LogP contribution in [0.3, 0.4) is 0 Å². The van der Waals surface area contributed by atoms with Crippen LogP contribution in [-0.2, 0) is 4.79 Å². The van der Waals surface area contributed by atoms with E-state index in [9.17, 15) is 4.79 Å². The molecule has 3 heteroatoms. The van der Waals surface area contributed by atoms with Gasteiger partial charge in [-0.25, -0.2) is 0 Å². The molecule has 0 spiro atoms. The van der Waals surface area contributed by atoms with Crippen molar-refractivity contribution in [2.24, 2.45) is 11.8 Å². The molecule has 0 radical (unpaired) electrons. The van der Waals surface area contributed by atoms with Gasteiger partial charge in [0.2, 0.25) is 5.91 Å². The molecule has 2 rings (SSSR count). The van der Waals surface area contributed by atoms with Crippen LogP contribution in [0, 0.1) is 11.8 Å². The van der Waals surface area contributed by atoms with Crippen LogP contribution in [-0.4, -0.2) is 25.0 Å². The number of carbonyl (C=O) groups excluding carboxylic acids is 1. The highest BCUT2D eigenvalue weighted by molar-refractivity contribution is 5.78. The molecule has 1 amide bonds. The highest BCUT2D eigenvalue weighted by Crippen LogP contribution is 2.27. The SMILES string of the molecule is C[C@@H](NC(=O)CNCC1CC1)C1CCCCCC1. The minimum Gasteiger partial charge on any atom is -0.352 e. The smallest absolute Gasteiger partial charge is 0.234 e. The number of nitrogens with one attached hydrogen (secondary N) is 2. The largest absolute Gasteiger partial charge is 0.352 e. The van der Waals surface area contributed by atoms with Gasteiger partial charge in [0, 0.05) is 6.04 Å². The lowest BCUT2D eigenvalue weighted by atomic mass is 9.93. The quantitative estimate of drug-likeness (QED) is 0.713. The van der Waals surface area contributed by atoms with Gasteiger partial charge in [-0.2, -0.15) is 0 Å². The maximum atomic E-state index is 11.8. The summed E-state index contributed by atoms with van der Waals surface area (Å²) in [5.41, 5.74) is 0. The Balaban J connectivity index is 1.61. The fourth-order valence-electron chi connectivity index (χ4n) is 2.95. The molecule has 1 atom stereocenters. The van der Waals surface area contributed by atoms with Gasteiger partial charge in [0.1, 0.15) is 0 Å². The average Bonchev–Trinajstić information content (AvgIpc) is 3.15. The molecule has 0 heterocycles. The van der Waals surface area contributed by atoms with Gasteiger partial charge in [-0.05, 0) is 51.0 Å². The summed E-state index contributed by atoms with van der Waals surface area (Å²) < 4.78 is 0. The Morgan fingerprint density at radius 2 is 1.78 bits per heavy atom. The summed E-state index contributed by atoms with van der Waals surface area (Å²) in [4.78, 5) is 11.8. The molecule has 2 fully saturated rings. The van der Waals surface area contributed by atoms with Crippen molar-refractivity contribution in [1.82, 2.24) is 10.6 Å². The molecule has 18 heavy (non-hydrogen) atoms. The zero-order valence-electron chi connectivity index (χ0n) is 11.7. The van der Waals surface area contributed by atoms with Crippen molar-refractivity contribution >= 4 is 5.91 Å². The van der Waals surface area contributed by atoms with Crippen LogP contribution < -0.4 is 10.6 Å². The number of rotatable bonds is 6. The van der Waals surface area contributed by atoms with Gasteiger partial charge in [0.05, 0.1) is 6.54 Å². The Bertz CT molecular complexity index is 255. The third kappa shape index (κ3) is 4.97. The van der Waals surface area contributed by atoms with Gasteiger partial charge in [0.25, 0.3) is 0 Å². The Morgan fingerprint density at radius 1 is 1.11 bits per heavy atom. The summed E-state index contributed by atoms with van der Waals surface area (Å²) in [7, 11) is 0. The average molecular weight is 252 g/mol. The van der Waals surface area contributed by atoms with E-state index in [0.717, 1.165) is 12.5 Å². The molecular weight excluding hydrogens is 224 g/mol. The zero-order valence-corrected chi connectivity index (χ0v) is 11.7. The second-order valence-corrected chi connectivity index (χ2v) is 6.18. The zero-order chi connectivity index (χ0) is 12.8. The Morgan fingerprint density at radius 3 is 2.39 bits per heavy atom. The first-order valence-corrected chi connectivity index (χ1v) is 7.76. The van der Waals surface area contributed by atoms with Crippen LogP contribution in [0.25, 0.3) is 0 Å². The molecule has 2 saturated carbocycles. The maximum absolute atomic E-state index is 11.8. The molecule has 2 N–H and O–H groups in total. The van der Waals surface area contributed by atoms with Crippen LogP contribution >= 0.6 is 0 Å². The fourth-order valence-corrected chi connectivity index (χ4v) is 2.95. The van der Waals surface area contributed by atoms with Crippen molar-refractivity contribution in [2.45, 2.75) is 64.3 Å². The summed E-state index contributed by atoms with van der Waals surface area (Å²) in [6.45, 7) is 3.69. The van der Waals surface area contributed by atoms with E-state index in [-0.39, 0.29) is 5.91 Å².